The molecule has 0 saturated heterocycles. The van der Waals surface area contributed by atoms with Crippen molar-refractivity contribution in [3.05, 3.63) is 59.0 Å². The van der Waals surface area contributed by atoms with Gasteiger partial charge in [-0.15, -0.1) is 0 Å². The second-order valence-corrected chi connectivity index (χ2v) is 5.70. The monoisotopic (exact) mass is 374 g/mol. The van der Waals surface area contributed by atoms with Gasteiger partial charge < -0.3 is 13.9 Å². The smallest absolute Gasteiger partial charge is 0.200 e. The molecule has 1 heterocycles. The van der Waals surface area contributed by atoms with E-state index in [9.17, 15) is 4.79 Å². The highest BCUT2D eigenvalue weighted by Gasteiger charge is 2.10. The maximum Gasteiger partial charge on any atom is 0.200 e. The normalized spacial score (nSPS) is 10.7. The number of halogens is 1. The number of methoxy groups -OCH3 is 1. The van der Waals surface area contributed by atoms with E-state index < -0.39 is 0 Å². The van der Waals surface area contributed by atoms with Gasteiger partial charge in [0.2, 0.25) is 0 Å². The highest BCUT2D eigenvalue weighted by atomic mass is 79.9. The predicted molar refractivity (Wildman–Crippen MR) is 93.8 cm³/mol. The summed E-state index contributed by atoms with van der Waals surface area (Å²) in [6.45, 7) is 0.555. The molecule has 3 rings (SSSR count). The van der Waals surface area contributed by atoms with Crippen LogP contribution in [0.1, 0.15) is 0 Å². The van der Waals surface area contributed by atoms with Crippen LogP contribution in [0.4, 0.5) is 0 Å². The van der Waals surface area contributed by atoms with Gasteiger partial charge in [0.1, 0.15) is 23.3 Å². The maximum atomic E-state index is 12.7. The van der Waals surface area contributed by atoms with Crippen LogP contribution >= 0.6 is 15.9 Å². The van der Waals surface area contributed by atoms with Crippen LogP contribution in [0.25, 0.3) is 22.1 Å². The van der Waals surface area contributed by atoms with Crippen LogP contribution in [0, 0.1) is 0 Å². The Morgan fingerprint density at radius 3 is 2.52 bits per heavy atom. The maximum absolute atomic E-state index is 12.7. The van der Waals surface area contributed by atoms with Crippen molar-refractivity contribution in [3.63, 3.8) is 0 Å². The molecule has 3 aromatic rings. The first-order chi connectivity index (χ1) is 11.2. The van der Waals surface area contributed by atoms with Crippen LogP contribution in [-0.4, -0.2) is 19.0 Å². The van der Waals surface area contributed by atoms with Gasteiger partial charge in [-0.25, -0.2) is 0 Å². The molecule has 0 fully saturated rings. The molecule has 5 heteroatoms. The first-order valence-electron chi connectivity index (χ1n) is 7.11. The van der Waals surface area contributed by atoms with Gasteiger partial charge in [0.15, 0.2) is 5.43 Å². The molecule has 0 saturated carbocycles. The first kappa shape index (κ1) is 15.6. The zero-order valence-electron chi connectivity index (χ0n) is 12.5. The molecule has 23 heavy (non-hydrogen) atoms. The van der Waals surface area contributed by atoms with Gasteiger partial charge in [0.25, 0.3) is 0 Å². The lowest BCUT2D eigenvalue weighted by Gasteiger charge is -2.07. The van der Waals surface area contributed by atoms with Gasteiger partial charge in [0.05, 0.1) is 24.7 Å². The third kappa shape index (κ3) is 3.24. The summed E-state index contributed by atoms with van der Waals surface area (Å²) >= 11 is 3.31. The Balaban J connectivity index is 2.02. The van der Waals surface area contributed by atoms with Crippen molar-refractivity contribution in [3.8, 4) is 22.6 Å². The summed E-state index contributed by atoms with van der Waals surface area (Å²) in [7, 11) is 1.61. The molecule has 118 valence electrons. The van der Waals surface area contributed by atoms with Gasteiger partial charge >= 0.3 is 0 Å². The molecule has 0 aliphatic heterocycles. The molecule has 0 atom stereocenters. The lowest BCUT2D eigenvalue weighted by Crippen LogP contribution is -2.05. The van der Waals surface area contributed by atoms with E-state index in [4.69, 9.17) is 13.9 Å². The van der Waals surface area contributed by atoms with Crippen molar-refractivity contribution in [1.82, 2.24) is 0 Å². The van der Waals surface area contributed by atoms with Gasteiger partial charge in [-0.05, 0) is 29.8 Å². The van der Waals surface area contributed by atoms with Crippen LogP contribution < -0.4 is 14.9 Å². The Bertz CT molecular complexity index is 868. The van der Waals surface area contributed by atoms with Crippen molar-refractivity contribution in [2.75, 3.05) is 19.0 Å². The molecule has 0 amide bonds. The average molecular weight is 375 g/mol. The zero-order valence-corrected chi connectivity index (χ0v) is 14.1. The van der Waals surface area contributed by atoms with E-state index in [1.165, 1.54) is 6.26 Å². The van der Waals surface area contributed by atoms with Crippen LogP contribution in [0.3, 0.4) is 0 Å². The summed E-state index contributed by atoms with van der Waals surface area (Å²) in [4.78, 5) is 12.7. The lowest BCUT2D eigenvalue weighted by molar-refractivity contribution is 0.345. The Morgan fingerprint density at radius 2 is 1.83 bits per heavy atom. The third-order valence-corrected chi connectivity index (χ3v) is 3.82. The number of hydrogen-bond donors (Lipinski definition) is 0. The van der Waals surface area contributed by atoms with Crippen molar-refractivity contribution < 1.29 is 13.9 Å². The van der Waals surface area contributed by atoms with Crippen molar-refractivity contribution in [1.29, 1.82) is 0 Å². The molecule has 0 aliphatic carbocycles. The summed E-state index contributed by atoms with van der Waals surface area (Å²) < 4.78 is 16.3. The quantitative estimate of drug-likeness (QED) is 0.626. The molecular formula is C18H15BrO4. The SMILES string of the molecule is COc1ccc(-c2coc3cc(OCCBr)ccc3c2=O)cc1. The van der Waals surface area contributed by atoms with Gasteiger partial charge in [-0.2, -0.15) is 0 Å². The number of alkyl halides is 1. The summed E-state index contributed by atoms with van der Waals surface area (Å²) in [6.07, 6.45) is 1.49. The van der Waals surface area contributed by atoms with Crippen molar-refractivity contribution in [2.45, 2.75) is 0 Å². The molecule has 2 aromatic carbocycles. The molecule has 0 aliphatic rings. The third-order valence-electron chi connectivity index (χ3n) is 3.49. The molecule has 0 spiro atoms. The van der Waals surface area contributed by atoms with E-state index in [2.05, 4.69) is 15.9 Å². The average Bonchev–Trinajstić information content (AvgIpc) is 2.60. The van der Waals surface area contributed by atoms with E-state index in [-0.39, 0.29) is 5.43 Å². The largest absolute Gasteiger partial charge is 0.497 e. The topological polar surface area (TPSA) is 48.7 Å². The fourth-order valence-electron chi connectivity index (χ4n) is 2.32. The molecule has 4 nitrogen and oxygen atoms in total. The van der Waals surface area contributed by atoms with E-state index >= 15 is 0 Å². The van der Waals surface area contributed by atoms with E-state index in [1.54, 1.807) is 25.3 Å². The van der Waals surface area contributed by atoms with Crippen LogP contribution in [0.5, 0.6) is 11.5 Å². The number of ether oxygens (including phenoxy) is 2. The molecule has 0 unspecified atom stereocenters. The molecule has 0 bridgehead atoms. The van der Waals surface area contributed by atoms with Gasteiger partial charge in [-0.3, -0.25) is 4.79 Å². The summed E-state index contributed by atoms with van der Waals surface area (Å²) in [5.41, 5.74) is 1.76. The number of benzene rings is 2. The Hall–Kier alpha value is -2.27. The molecular weight excluding hydrogens is 360 g/mol. The second kappa shape index (κ2) is 6.87. The fourth-order valence-corrected chi connectivity index (χ4v) is 2.49. The standard InChI is InChI=1S/C18H15BrO4/c1-21-13-4-2-12(3-5-13)16-11-23-17-10-14(22-9-8-19)6-7-15(17)18(16)20/h2-7,10-11H,8-9H2,1H3. The highest BCUT2D eigenvalue weighted by Crippen LogP contribution is 2.24. The lowest BCUT2D eigenvalue weighted by atomic mass is 10.1. The Morgan fingerprint density at radius 1 is 1.09 bits per heavy atom. The molecule has 0 radical (unpaired) electrons. The zero-order chi connectivity index (χ0) is 16.2. The van der Waals surface area contributed by atoms with Crippen molar-refractivity contribution >= 4 is 26.9 Å². The first-order valence-corrected chi connectivity index (χ1v) is 8.24. The highest BCUT2D eigenvalue weighted by molar-refractivity contribution is 9.09. The summed E-state index contributed by atoms with van der Waals surface area (Å²) in [6, 6.07) is 12.6. The minimum Gasteiger partial charge on any atom is -0.497 e. The van der Waals surface area contributed by atoms with Crippen LogP contribution in [0.15, 0.2) is 57.9 Å². The molecule has 1 aromatic heterocycles. The van der Waals surface area contributed by atoms with Crippen LogP contribution in [-0.2, 0) is 0 Å². The summed E-state index contributed by atoms with van der Waals surface area (Å²) in [5.74, 6) is 1.42. The van der Waals surface area contributed by atoms with E-state index in [1.807, 2.05) is 24.3 Å². The Labute approximate surface area is 141 Å². The predicted octanol–water partition coefficient (Wildman–Crippen LogP) is 4.24. The summed E-state index contributed by atoms with van der Waals surface area (Å²) in [5, 5.41) is 1.27. The minimum absolute atomic E-state index is 0.0662. The van der Waals surface area contributed by atoms with Gasteiger partial charge in [0, 0.05) is 11.4 Å². The number of fused-ring (bicyclic) bond motifs is 1. The fraction of sp³-hybridized carbons (Fsp3) is 0.167. The van der Waals surface area contributed by atoms with E-state index in [0.29, 0.717) is 28.9 Å². The second-order valence-electron chi connectivity index (χ2n) is 4.90. The van der Waals surface area contributed by atoms with Crippen molar-refractivity contribution in [2.24, 2.45) is 0 Å². The van der Waals surface area contributed by atoms with E-state index in [0.717, 1.165) is 16.6 Å². The van der Waals surface area contributed by atoms with Crippen LogP contribution in [0.2, 0.25) is 0 Å². The van der Waals surface area contributed by atoms with Gasteiger partial charge in [-0.1, -0.05) is 28.1 Å². The number of rotatable bonds is 5. The number of hydrogen-bond acceptors (Lipinski definition) is 4. The Kier molecular flexibility index (Phi) is 4.67. The molecule has 0 N–H and O–H groups in total. The minimum atomic E-state index is -0.0662.